The number of benzene rings is 1. The molecule has 2 aliphatic carbocycles. The Kier molecular flexibility index (Phi) is 4.50. The second kappa shape index (κ2) is 7.55. The van der Waals surface area contributed by atoms with E-state index in [1.165, 1.54) is 0 Å². The van der Waals surface area contributed by atoms with Crippen molar-refractivity contribution in [3.63, 3.8) is 0 Å². The van der Waals surface area contributed by atoms with Gasteiger partial charge in [-0.05, 0) is 43.4 Å². The monoisotopic (exact) mass is 436 g/mol. The van der Waals surface area contributed by atoms with Gasteiger partial charge >= 0.3 is 0 Å². The molecule has 1 aromatic carbocycles. The van der Waals surface area contributed by atoms with Gasteiger partial charge in [-0.15, -0.1) is 0 Å². The molecule has 2 aliphatic rings. The first-order valence-electron chi connectivity index (χ1n) is 11.3. The van der Waals surface area contributed by atoms with Gasteiger partial charge in [-0.1, -0.05) is 36.4 Å². The van der Waals surface area contributed by atoms with Crippen molar-refractivity contribution in [1.29, 1.82) is 0 Å². The second-order valence-corrected chi connectivity index (χ2v) is 8.86. The fourth-order valence-electron chi connectivity index (χ4n) is 4.87. The van der Waals surface area contributed by atoms with Crippen LogP contribution in [0.1, 0.15) is 43.1 Å². The largest absolute Gasteiger partial charge is 0.382 e. The molecular weight excluding hydrogens is 412 g/mol. The summed E-state index contributed by atoms with van der Waals surface area (Å²) in [6.07, 6.45) is 13.7. The maximum atomic E-state index is 11.5. The lowest BCUT2D eigenvalue weighted by molar-refractivity contribution is -0.124. The fraction of sp³-hybridized carbons (Fsp3) is 0.231. The number of hydrogen-bond acceptors (Lipinski definition) is 5. The predicted octanol–water partition coefficient (Wildman–Crippen LogP) is 4.24. The lowest BCUT2D eigenvalue weighted by Crippen LogP contribution is -2.34. The van der Waals surface area contributed by atoms with Gasteiger partial charge in [0.25, 0.3) is 0 Å². The van der Waals surface area contributed by atoms with Crippen molar-refractivity contribution in [2.24, 2.45) is 11.7 Å². The zero-order valence-electron chi connectivity index (χ0n) is 18.1. The Labute approximate surface area is 190 Å². The first-order valence-corrected chi connectivity index (χ1v) is 11.3. The van der Waals surface area contributed by atoms with Crippen molar-refractivity contribution < 1.29 is 4.79 Å². The van der Waals surface area contributed by atoms with Crippen molar-refractivity contribution in [2.45, 2.75) is 31.6 Å². The normalized spacial score (nSPS) is 20.1. The van der Waals surface area contributed by atoms with Gasteiger partial charge in [0, 0.05) is 35.2 Å². The number of carbonyl (C=O) groups excluding carboxylic acids is 1. The average molecular weight is 437 g/mol. The van der Waals surface area contributed by atoms with Crippen molar-refractivity contribution in [3.8, 4) is 11.3 Å². The molecule has 7 nitrogen and oxygen atoms in total. The number of nitrogen functional groups attached to an aromatic ring is 1. The topological polar surface area (TPSA) is 112 Å². The van der Waals surface area contributed by atoms with E-state index in [9.17, 15) is 4.79 Å². The average Bonchev–Trinajstić information content (AvgIpc) is 3.18. The number of allylic oxidation sites excluding steroid dienone is 4. The van der Waals surface area contributed by atoms with E-state index in [1.54, 1.807) is 6.20 Å². The highest BCUT2D eigenvalue weighted by Crippen LogP contribution is 2.43. The van der Waals surface area contributed by atoms with Gasteiger partial charge in [0.05, 0.1) is 11.2 Å². The van der Waals surface area contributed by atoms with Gasteiger partial charge in [-0.2, -0.15) is 0 Å². The van der Waals surface area contributed by atoms with Crippen LogP contribution in [0.25, 0.3) is 33.3 Å². The Morgan fingerprint density at radius 3 is 2.73 bits per heavy atom. The summed E-state index contributed by atoms with van der Waals surface area (Å²) < 4.78 is 2.01. The molecule has 4 N–H and O–H groups in total. The Hall–Kier alpha value is -4.00. The molecular formula is C26H24N6O. The minimum absolute atomic E-state index is 0.0867. The van der Waals surface area contributed by atoms with Gasteiger partial charge in [-0.3, -0.25) is 9.20 Å². The van der Waals surface area contributed by atoms with E-state index in [-0.39, 0.29) is 17.7 Å². The third-order valence-electron chi connectivity index (χ3n) is 6.77. The molecule has 3 aromatic heterocycles. The van der Waals surface area contributed by atoms with E-state index in [1.807, 2.05) is 10.6 Å². The number of pyridine rings is 1. The van der Waals surface area contributed by atoms with E-state index in [0.29, 0.717) is 18.7 Å². The number of carbonyl (C=O) groups is 1. The highest BCUT2D eigenvalue weighted by atomic mass is 16.1. The first-order chi connectivity index (χ1) is 16.1. The van der Waals surface area contributed by atoms with Crippen molar-refractivity contribution >= 4 is 33.7 Å². The van der Waals surface area contributed by atoms with E-state index < -0.39 is 0 Å². The van der Waals surface area contributed by atoms with Crippen LogP contribution in [0.5, 0.6) is 0 Å². The van der Waals surface area contributed by atoms with Crippen LogP contribution in [0.4, 0.5) is 5.82 Å². The van der Waals surface area contributed by atoms with Gasteiger partial charge in [0.2, 0.25) is 5.91 Å². The minimum Gasteiger partial charge on any atom is -0.382 e. The third-order valence-corrected chi connectivity index (χ3v) is 6.77. The van der Waals surface area contributed by atoms with Crippen molar-refractivity contribution in [2.75, 3.05) is 5.73 Å². The van der Waals surface area contributed by atoms with E-state index in [4.69, 9.17) is 21.4 Å². The SMILES string of the molecule is Nc1nccn2c1c(-c1ccc3ccc(C4=CCCC=C4)nc3c1)nc2[C@H]1C[C@H](C(N)=O)C1. The number of amides is 1. The summed E-state index contributed by atoms with van der Waals surface area (Å²) in [6.45, 7) is 0. The molecule has 6 rings (SSSR count). The summed E-state index contributed by atoms with van der Waals surface area (Å²) in [5, 5.41) is 1.07. The highest BCUT2D eigenvalue weighted by Gasteiger charge is 2.37. The molecule has 0 unspecified atom stereocenters. The summed E-state index contributed by atoms with van der Waals surface area (Å²) in [7, 11) is 0. The second-order valence-electron chi connectivity index (χ2n) is 8.86. The molecule has 0 spiro atoms. The number of nitrogens with two attached hydrogens (primary N) is 2. The van der Waals surface area contributed by atoms with Crippen LogP contribution in [0.15, 0.2) is 61.0 Å². The van der Waals surface area contributed by atoms with Crippen LogP contribution in [0.2, 0.25) is 0 Å². The van der Waals surface area contributed by atoms with Gasteiger partial charge in [0.1, 0.15) is 22.9 Å². The first kappa shape index (κ1) is 19.7. The number of rotatable bonds is 4. The quantitative estimate of drug-likeness (QED) is 0.497. The Balaban J connectivity index is 1.46. The van der Waals surface area contributed by atoms with E-state index in [2.05, 4.69) is 53.5 Å². The molecule has 0 aliphatic heterocycles. The molecule has 7 heteroatoms. The number of nitrogens with zero attached hydrogens (tertiary/aromatic N) is 4. The molecule has 1 amide bonds. The Morgan fingerprint density at radius 1 is 1.09 bits per heavy atom. The molecule has 1 saturated carbocycles. The fourth-order valence-corrected chi connectivity index (χ4v) is 4.87. The number of aromatic nitrogens is 4. The summed E-state index contributed by atoms with van der Waals surface area (Å²) in [6, 6.07) is 10.4. The Bertz CT molecular complexity index is 1480. The van der Waals surface area contributed by atoms with Gasteiger partial charge < -0.3 is 11.5 Å². The molecule has 0 bridgehead atoms. The minimum atomic E-state index is -0.243. The lowest BCUT2D eigenvalue weighted by Gasteiger charge is -2.31. The summed E-state index contributed by atoms with van der Waals surface area (Å²) >= 11 is 0. The zero-order valence-corrected chi connectivity index (χ0v) is 18.1. The van der Waals surface area contributed by atoms with Crippen LogP contribution in [0.3, 0.4) is 0 Å². The van der Waals surface area contributed by atoms with Crippen LogP contribution in [-0.4, -0.2) is 25.3 Å². The molecule has 0 radical (unpaired) electrons. The summed E-state index contributed by atoms with van der Waals surface area (Å²) in [4.78, 5) is 25.8. The molecule has 3 heterocycles. The third kappa shape index (κ3) is 3.28. The summed E-state index contributed by atoms with van der Waals surface area (Å²) in [5.74, 6) is 1.16. The van der Waals surface area contributed by atoms with Crippen molar-refractivity contribution in [1.82, 2.24) is 19.4 Å². The lowest BCUT2D eigenvalue weighted by atomic mass is 9.74. The van der Waals surface area contributed by atoms with Crippen LogP contribution >= 0.6 is 0 Å². The van der Waals surface area contributed by atoms with Gasteiger partial charge in [0.15, 0.2) is 0 Å². The number of hydrogen-bond donors (Lipinski definition) is 2. The maximum absolute atomic E-state index is 11.5. The number of anilines is 1. The molecule has 164 valence electrons. The van der Waals surface area contributed by atoms with E-state index >= 15 is 0 Å². The molecule has 1 fully saturated rings. The van der Waals surface area contributed by atoms with Crippen molar-refractivity contribution in [3.05, 3.63) is 72.5 Å². The standard InChI is InChI=1S/C26H24N6O/c27-24-23-22(31-26(32(23)11-10-29-24)19-12-18(13-19)25(28)33)17-7-6-16-8-9-20(30-21(16)14-17)15-4-2-1-3-5-15/h2,4-11,14,18-19H,1,3,12-13H2,(H2,27,29)(H2,28,33)/t18-,19-. The van der Waals surface area contributed by atoms with Gasteiger partial charge in [-0.25, -0.2) is 15.0 Å². The number of imidazole rings is 1. The van der Waals surface area contributed by atoms with Crippen LogP contribution in [-0.2, 0) is 4.79 Å². The predicted molar refractivity (Wildman–Crippen MR) is 129 cm³/mol. The molecule has 4 aromatic rings. The molecule has 0 atom stereocenters. The molecule has 0 saturated heterocycles. The Morgan fingerprint density at radius 2 is 1.94 bits per heavy atom. The maximum Gasteiger partial charge on any atom is 0.220 e. The highest BCUT2D eigenvalue weighted by molar-refractivity contribution is 5.91. The van der Waals surface area contributed by atoms with Crippen LogP contribution in [0, 0.1) is 5.92 Å². The number of primary amides is 1. The van der Waals surface area contributed by atoms with E-state index in [0.717, 1.165) is 57.6 Å². The summed E-state index contributed by atoms with van der Waals surface area (Å²) in [5.41, 5.74) is 17.3. The zero-order chi connectivity index (χ0) is 22.5. The number of fused-ring (bicyclic) bond motifs is 2. The van der Waals surface area contributed by atoms with Crippen LogP contribution < -0.4 is 11.5 Å². The smallest absolute Gasteiger partial charge is 0.220 e. The molecule has 33 heavy (non-hydrogen) atoms.